The van der Waals surface area contributed by atoms with Gasteiger partial charge in [-0.2, -0.15) is 0 Å². The number of nitrogens with two attached hydrogens (primary N) is 1. The zero-order valence-corrected chi connectivity index (χ0v) is 28.7. The third-order valence-corrected chi connectivity index (χ3v) is 9.64. The lowest BCUT2D eigenvalue weighted by molar-refractivity contribution is -0.133. The highest BCUT2D eigenvalue weighted by molar-refractivity contribution is 6.05. The molecule has 1 saturated heterocycles. The second kappa shape index (κ2) is 16.0. The standard InChI is InChI=1S/C38H50N6O5/c1-38(2,3)43-37(49)32-20-26-14-7-8-15-27(26)22-44(32)23-33(45)31(19-24-11-5-4-6-12-24)41-35(47)28(39)21-34(46)42-36(48)30-18-17-25-13-9-10-16-29(25)40-30/h4-6,9-13,16-18,26-28,31-33,45H,7-8,14-15,19-23,39H2,1-3H3,(H,41,47)(H,43,49)(H,42,46,48)/t26-,27-,28+,31+,32+,33-/m1/s1. The Kier molecular flexibility index (Phi) is 11.8. The lowest BCUT2D eigenvalue weighted by atomic mass is 9.72. The lowest BCUT2D eigenvalue weighted by Gasteiger charge is -2.47. The van der Waals surface area contributed by atoms with Gasteiger partial charge in [0.05, 0.1) is 36.2 Å². The van der Waals surface area contributed by atoms with Crippen LogP contribution < -0.4 is 21.7 Å². The zero-order chi connectivity index (χ0) is 35.1. The van der Waals surface area contributed by atoms with Crippen molar-refractivity contribution >= 4 is 34.5 Å². The maximum absolute atomic E-state index is 13.5. The number of likely N-dealkylation sites (tertiary alicyclic amines) is 1. The summed E-state index contributed by atoms with van der Waals surface area (Å²) in [4.78, 5) is 58.9. The molecule has 11 heteroatoms. The Hall–Kier alpha value is -4.19. The van der Waals surface area contributed by atoms with Gasteiger partial charge in [-0.1, -0.05) is 73.9 Å². The zero-order valence-electron chi connectivity index (χ0n) is 28.7. The lowest BCUT2D eigenvalue weighted by Crippen LogP contribution is -2.61. The highest BCUT2D eigenvalue weighted by Crippen LogP contribution is 2.39. The van der Waals surface area contributed by atoms with Gasteiger partial charge in [-0.15, -0.1) is 0 Å². The number of hydrogen-bond acceptors (Lipinski definition) is 8. The van der Waals surface area contributed by atoms with E-state index in [-0.39, 0.29) is 24.2 Å². The van der Waals surface area contributed by atoms with Gasteiger partial charge in [0.1, 0.15) is 5.69 Å². The van der Waals surface area contributed by atoms with Crippen LogP contribution in [0.2, 0.25) is 0 Å². The summed E-state index contributed by atoms with van der Waals surface area (Å²) >= 11 is 0. The van der Waals surface area contributed by atoms with Crippen molar-refractivity contribution in [1.29, 1.82) is 0 Å². The average molecular weight is 671 g/mol. The molecule has 0 unspecified atom stereocenters. The number of aromatic nitrogens is 1. The van der Waals surface area contributed by atoms with Crippen LogP contribution in [0.4, 0.5) is 0 Å². The van der Waals surface area contributed by atoms with Crippen LogP contribution in [0, 0.1) is 11.8 Å². The fraction of sp³-hybridized carbons (Fsp3) is 0.500. The van der Waals surface area contributed by atoms with Crippen LogP contribution in [0.15, 0.2) is 66.7 Å². The van der Waals surface area contributed by atoms with E-state index in [0.717, 1.165) is 30.2 Å². The molecule has 11 nitrogen and oxygen atoms in total. The molecule has 3 aromatic rings. The number of nitrogens with one attached hydrogen (secondary N) is 3. The molecule has 49 heavy (non-hydrogen) atoms. The van der Waals surface area contributed by atoms with E-state index in [1.807, 2.05) is 69.3 Å². The van der Waals surface area contributed by atoms with E-state index in [9.17, 15) is 24.3 Å². The summed E-state index contributed by atoms with van der Waals surface area (Å²) in [5, 5.41) is 20.9. The molecular weight excluding hydrogens is 620 g/mol. The summed E-state index contributed by atoms with van der Waals surface area (Å²) in [5.74, 6) is -1.14. The van der Waals surface area contributed by atoms with Crippen molar-refractivity contribution < 1.29 is 24.3 Å². The molecule has 262 valence electrons. The topological polar surface area (TPSA) is 167 Å². The van der Waals surface area contributed by atoms with Crippen LogP contribution in [-0.2, 0) is 20.8 Å². The molecule has 0 spiro atoms. The minimum absolute atomic E-state index is 0.0474. The number of para-hydroxylation sites is 1. The summed E-state index contributed by atoms with van der Waals surface area (Å²) < 4.78 is 0. The Labute approximate surface area is 288 Å². The van der Waals surface area contributed by atoms with Gasteiger partial charge >= 0.3 is 0 Å². The quantitative estimate of drug-likeness (QED) is 0.208. The Morgan fingerprint density at radius 3 is 2.39 bits per heavy atom. The molecular formula is C38H50N6O5. The van der Waals surface area contributed by atoms with Gasteiger partial charge < -0.3 is 21.5 Å². The molecule has 1 saturated carbocycles. The molecule has 6 atom stereocenters. The summed E-state index contributed by atoms with van der Waals surface area (Å²) in [6.07, 6.45) is 4.14. The van der Waals surface area contributed by atoms with Crippen LogP contribution in [0.5, 0.6) is 0 Å². The van der Waals surface area contributed by atoms with Gasteiger partial charge in [-0.25, -0.2) is 4.98 Å². The van der Waals surface area contributed by atoms with E-state index >= 15 is 0 Å². The van der Waals surface area contributed by atoms with E-state index in [2.05, 4.69) is 25.8 Å². The number of aliphatic hydroxyl groups is 1. The molecule has 6 N–H and O–H groups in total. The van der Waals surface area contributed by atoms with Gasteiger partial charge in [0, 0.05) is 24.0 Å². The normalized spacial score (nSPS) is 21.5. The molecule has 1 aliphatic heterocycles. The molecule has 2 aliphatic rings. The largest absolute Gasteiger partial charge is 0.390 e. The minimum Gasteiger partial charge on any atom is -0.390 e. The number of imide groups is 1. The van der Waals surface area contributed by atoms with Crippen molar-refractivity contribution in [1.82, 2.24) is 25.8 Å². The number of aliphatic hydroxyl groups excluding tert-OH is 1. The van der Waals surface area contributed by atoms with Crippen molar-refractivity contribution in [3.8, 4) is 0 Å². The van der Waals surface area contributed by atoms with Gasteiger partial charge in [0.2, 0.25) is 17.7 Å². The molecule has 5 rings (SSSR count). The minimum atomic E-state index is -1.27. The van der Waals surface area contributed by atoms with Crippen LogP contribution in [0.3, 0.4) is 0 Å². The highest BCUT2D eigenvalue weighted by atomic mass is 16.3. The van der Waals surface area contributed by atoms with Crippen molar-refractivity contribution in [3.63, 3.8) is 0 Å². The summed E-state index contributed by atoms with van der Waals surface area (Å²) in [5.41, 5.74) is 7.38. The number of rotatable bonds is 11. The van der Waals surface area contributed by atoms with Crippen LogP contribution in [0.25, 0.3) is 10.9 Å². The molecule has 2 heterocycles. The predicted octanol–water partition coefficient (Wildman–Crippen LogP) is 3.09. The average Bonchev–Trinajstić information content (AvgIpc) is 3.06. The van der Waals surface area contributed by atoms with E-state index in [0.29, 0.717) is 30.3 Å². The third-order valence-electron chi connectivity index (χ3n) is 9.64. The first-order valence-corrected chi connectivity index (χ1v) is 17.4. The van der Waals surface area contributed by atoms with Crippen LogP contribution in [-0.4, -0.2) is 81.5 Å². The predicted molar refractivity (Wildman–Crippen MR) is 188 cm³/mol. The third kappa shape index (κ3) is 9.93. The molecule has 1 aliphatic carbocycles. The van der Waals surface area contributed by atoms with Crippen LogP contribution in [0.1, 0.15) is 75.3 Å². The van der Waals surface area contributed by atoms with Crippen molar-refractivity contribution in [2.75, 3.05) is 13.1 Å². The monoisotopic (exact) mass is 670 g/mol. The summed E-state index contributed by atoms with van der Waals surface area (Å²) in [6, 6.07) is 17.7. The van der Waals surface area contributed by atoms with Gasteiger partial charge in [-0.05, 0) is 69.6 Å². The first kappa shape index (κ1) is 36.1. The Balaban J connectivity index is 1.25. The van der Waals surface area contributed by atoms with E-state index in [1.54, 1.807) is 12.1 Å². The smallest absolute Gasteiger partial charge is 0.276 e. The number of β-amino-alcohol motifs (C(OH)–C–C–N with tert-alkyl or cyclic N) is 1. The number of piperidine rings is 1. The maximum atomic E-state index is 13.5. The fourth-order valence-electron chi connectivity index (χ4n) is 7.16. The molecule has 0 bridgehead atoms. The highest BCUT2D eigenvalue weighted by Gasteiger charge is 2.42. The molecule has 2 fully saturated rings. The number of nitrogens with zero attached hydrogens (tertiary/aromatic N) is 2. The maximum Gasteiger partial charge on any atom is 0.276 e. The number of pyridine rings is 1. The first-order chi connectivity index (χ1) is 23.4. The van der Waals surface area contributed by atoms with Gasteiger partial charge in [0.15, 0.2) is 0 Å². The fourth-order valence-corrected chi connectivity index (χ4v) is 7.16. The van der Waals surface area contributed by atoms with Crippen molar-refractivity contribution in [2.24, 2.45) is 17.6 Å². The Morgan fingerprint density at radius 2 is 1.65 bits per heavy atom. The SMILES string of the molecule is CC(C)(C)NC(=O)[C@@H]1C[C@H]2CCCC[C@@H]2CN1C[C@@H](O)[C@H](Cc1ccccc1)NC(=O)[C@@H](N)CC(=O)NC(=O)c1ccc2ccccc2n1. The van der Waals surface area contributed by atoms with Crippen molar-refractivity contribution in [3.05, 3.63) is 78.0 Å². The molecule has 1 aromatic heterocycles. The molecule has 4 amide bonds. The Bertz CT molecular complexity index is 1630. The van der Waals surface area contributed by atoms with E-state index in [1.165, 1.54) is 18.9 Å². The molecule has 2 aromatic carbocycles. The summed E-state index contributed by atoms with van der Waals surface area (Å²) in [7, 11) is 0. The number of fused-ring (bicyclic) bond motifs is 2. The number of carbonyl (C=O) groups excluding carboxylic acids is 4. The number of benzene rings is 2. The number of amides is 4. The van der Waals surface area contributed by atoms with Gasteiger partial charge in [0.25, 0.3) is 5.91 Å². The second-order valence-electron chi connectivity index (χ2n) is 14.7. The number of hydrogen-bond donors (Lipinski definition) is 5. The second-order valence-corrected chi connectivity index (χ2v) is 14.7. The van der Waals surface area contributed by atoms with Gasteiger partial charge in [-0.3, -0.25) is 29.4 Å². The van der Waals surface area contributed by atoms with Crippen LogP contribution >= 0.6 is 0 Å². The van der Waals surface area contributed by atoms with E-state index < -0.39 is 47.9 Å². The van der Waals surface area contributed by atoms with E-state index in [4.69, 9.17) is 5.73 Å². The molecule has 0 radical (unpaired) electrons. The number of carbonyl (C=O) groups is 4. The van der Waals surface area contributed by atoms with Crippen molar-refractivity contribution in [2.45, 2.75) is 95.5 Å². The summed E-state index contributed by atoms with van der Waals surface area (Å²) in [6.45, 7) is 6.77. The Morgan fingerprint density at radius 1 is 0.959 bits per heavy atom. The first-order valence-electron chi connectivity index (χ1n) is 17.4.